The van der Waals surface area contributed by atoms with Crippen LogP contribution in [0.4, 0.5) is 0 Å². The molecule has 4 nitrogen and oxygen atoms in total. The number of hydrogen-bond acceptors (Lipinski definition) is 4. The Morgan fingerprint density at radius 2 is 1.04 bits per heavy atom. The molecule has 0 aromatic heterocycles. The normalized spacial score (nSPS) is 11.1. The van der Waals surface area contributed by atoms with Gasteiger partial charge in [0.2, 0.25) is 0 Å². The van der Waals surface area contributed by atoms with E-state index in [4.69, 9.17) is 9.47 Å². The molecule has 0 rings (SSSR count). The summed E-state index contributed by atoms with van der Waals surface area (Å²) in [6.07, 6.45) is 7.94. The summed E-state index contributed by atoms with van der Waals surface area (Å²) in [5, 5.41) is 2.04. The molecule has 0 saturated heterocycles. The van der Waals surface area contributed by atoms with Gasteiger partial charge in [0.05, 0.1) is 12.2 Å². The van der Waals surface area contributed by atoms with E-state index in [1.54, 1.807) is 28.1 Å². The predicted octanol–water partition coefficient (Wildman–Crippen LogP) is 7.64. The van der Waals surface area contributed by atoms with E-state index in [2.05, 4.69) is 31.9 Å². The third-order valence-corrected chi connectivity index (χ3v) is 4.64. The van der Waals surface area contributed by atoms with Crippen molar-refractivity contribution in [3.63, 3.8) is 0 Å². The van der Waals surface area contributed by atoms with Gasteiger partial charge in [-0.3, -0.25) is 9.59 Å². The first-order chi connectivity index (χ1) is 11.4. The van der Waals surface area contributed by atoms with Gasteiger partial charge < -0.3 is 9.47 Å². The van der Waals surface area contributed by atoms with Gasteiger partial charge in [0.1, 0.15) is 11.6 Å². The molecule has 0 N–H and O–H groups in total. The van der Waals surface area contributed by atoms with Gasteiger partial charge in [0, 0.05) is 37.7 Å². The third kappa shape index (κ3) is 33.8. The summed E-state index contributed by atoms with van der Waals surface area (Å²) >= 11 is 6.72. The van der Waals surface area contributed by atoms with Crippen LogP contribution in [0, 0.1) is 0 Å². The van der Waals surface area contributed by atoms with E-state index in [1.807, 2.05) is 0 Å². The first-order valence-electron chi connectivity index (χ1n) is 8.57. The fraction of sp³-hybridized carbons (Fsp3) is 0.909. The zero-order valence-electron chi connectivity index (χ0n) is 15.6. The quantitative estimate of drug-likeness (QED) is 0.169. The summed E-state index contributed by atoms with van der Waals surface area (Å²) in [6, 6.07) is 0. The Balaban J connectivity index is -0.0000000764. The monoisotopic (exact) mass is 536 g/mol. The number of unbranched alkanes of at least 4 members (excludes halogenated alkanes) is 2. The largest absolute Gasteiger partial charge is 0.381 e. The molecule has 0 aromatic carbocycles. The number of ether oxygens (including phenoxy) is 2. The van der Waals surface area contributed by atoms with E-state index >= 15 is 0 Å². The van der Waals surface area contributed by atoms with Gasteiger partial charge in [0.15, 0.2) is 0 Å². The van der Waals surface area contributed by atoms with Gasteiger partial charge in [-0.05, 0) is 39.5 Å². The molecule has 0 fully saturated rings. The van der Waals surface area contributed by atoms with Gasteiger partial charge >= 0.3 is 0 Å². The molecule has 0 saturated carbocycles. The minimum Gasteiger partial charge on any atom is -0.381 e. The molecule has 28 heavy (non-hydrogen) atoms. The highest BCUT2D eigenvalue weighted by molar-refractivity contribution is 9.09. The molecule has 0 aliphatic heterocycles. The van der Waals surface area contributed by atoms with Crippen molar-refractivity contribution in [2.75, 3.05) is 24.9 Å². The van der Waals surface area contributed by atoms with Crippen molar-refractivity contribution < 1.29 is 19.1 Å². The van der Waals surface area contributed by atoms with Crippen molar-refractivity contribution in [2.45, 2.75) is 107 Å². The average Bonchev–Trinajstić information content (AvgIpc) is 2.54. The first-order valence-corrected chi connectivity index (χ1v) is 10.8. The second-order valence-electron chi connectivity index (χ2n) is 5.90. The number of alkyl halides is 2. The van der Waals surface area contributed by atoms with Gasteiger partial charge in [-0.2, -0.15) is 0 Å². The topological polar surface area (TPSA) is 52.6 Å². The Morgan fingerprint density at radius 1 is 0.679 bits per heavy atom. The smallest absolute Gasteiger partial charge is 0.132 e. The van der Waals surface area contributed by atoms with Crippen LogP contribution in [-0.4, -0.2) is 48.7 Å². The zero-order valence-corrected chi connectivity index (χ0v) is 18.8. The number of methoxy groups -OCH3 is 2. The summed E-state index contributed by atoms with van der Waals surface area (Å²) in [7, 11) is 3.33. The van der Waals surface area contributed by atoms with Crippen molar-refractivity contribution in [3.05, 3.63) is 0 Å². The van der Waals surface area contributed by atoms with E-state index in [-0.39, 0.29) is 53.5 Å². The van der Waals surface area contributed by atoms with E-state index in [9.17, 15) is 9.59 Å². The number of carbonyl (C=O) groups is 2. The standard InChI is InChI=1S/C10H19BrO2.C8H15BrO2.4CH4/c1-9(12)8-10(13-2)6-4-3-5-7-11;1-7(10)6-8(11-2)4-3-5-9;;;;/h10H,3-8H2,1-2H3;8H,3-6H2,1-2H3;4*1H4. The second kappa shape index (κ2) is 31.9. The minimum atomic E-state index is 0. The highest BCUT2D eigenvalue weighted by Gasteiger charge is 2.09. The average molecular weight is 538 g/mol. The molecule has 2 atom stereocenters. The maximum absolute atomic E-state index is 10.8. The third-order valence-electron chi connectivity index (χ3n) is 3.52. The number of halogens is 2. The lowest BCUT2D eigenvalue weighted by Crippen LogP contribution is -2.14. The summed E-state index contributed by atoms with van der Waals surface area (Å²) < 4.78 is 10.3. The molecular formula is C22H50Br2O4. The molecule has 0 aliphatic rings. The van der Waals surface area contributed by atoms with Gasteiger partial charge in [-0.1, -0.05) is 74.4 Å². The van der Waals surface area contributed by atoms with Crippen LogP contribution in [0.15, 0.2) is 0 Å². The molecule has 0 spiro atoms. The van der Waals surface area contributed by atoms with Crippen molar-refractivity contribution in [1.82, 2.24) is 0 Å². The van der Waals surface area contributed by atoms with Crippen LogP contribution in [0.5, 0.6) is 0 Å². The Bertz CT molecular complexity index is 313. The lowest BCUT2D eigenvalue weighted by molar-refractivity contribution is -0.120. The molecule has 0 amide bonds. The van der Waals surface area contributed by atoms with Crippen LogP contribution in [-0.2, 0) is 19.1 Å². The van der Waals surface area contributed by atoms with E-state index < -0.39 is 0 Å². The molecule has 176 valence electrons. The van der Waals surface area contributed by atoms with Crippen molar-refractivity contribution in [3.8, 4) is 0 Å². The minimum absolute atomic E-state index is 0. The number of Topliss-reactive ketones (excluding diaryl/α,β-unsaturated/α-hetero) is 2. The van der Waals surface area contributed by atoms with Crippen LogP contribution >= 0.6 is 31.9 Å². The van der Waals surface area contributed by atoms with Crippen molar-refractivity contribution in [2.24, 2.45) is 0 Å². The SMILES string of the molecule is C.C.C.C.COC(CCCBr)CC(C)=O.COC(CCCCCBr)CC(C)=O. The Labute approximate surface area is 194 Å². The molecule has 0 aromatic rings. The van der Waals surface area contributed by atoms with Crippen LogP contribution in [0.25, 0.3) is 0 Å². The fourth-order valence-electron chi connectivity index (χ4n) is 2.20. The lowest BCUT2D eigenvalue weighted by Gasteiger charge is -2.12. The molecule has 6 heteroatoms. The van der Waals surface area contributed by atoms with E-state index in [1.165, 1.54) is 12.8 Å². The number of carbonyl (C=O) groups excluding carboxylic acids is 2. The van der Waals surface area contributed by atoms with E-state index in [0.717, 1.165) is 36.3 Å². The first kappa shape index (κ1) is 42.3. The van der Waals surface area contributed by atoms with Crippen LogP contribution in [0.1, 0.15) is 94.9 Å². The van der Waals surface area contributed by atoms with Crippen LogP contribution in [0.3, 0.4) is 0 Å². The summed E-state index contributed by atoms with van der Waals surface area (Å²) in [5.74, 6) is 0.416. The predicted molar refractivity (Wildman–Crippen MR) is 134 cm³/mol. The maximum Gasteiger partial charge on any atom is 0.132 e. The maximum atomic E-state index is 10.8. The zero-order chi connectivity index (χ0) is 18.8. The lowest BCUT2D eigenvalue weighted by atomic mass is 10.1. The molecular weight excluding hydrogens is 488 g/mol. The number of hydrogen-bond donors (Lipinski definition) is 0. The highest BCUT2D eigenvalue weighted by Crippen LogP contribution is 2.10. The molecule has 0 aliphatic carbocycles. The van der Waals surface area contributed by atoms with Gasteiger partial charge in [0.25, 0.3) is 0 Å². The van der Waals surface area contributed by atoms with Crippen molar-refractivity contribution >= 4 is 43.4 Å². The molecule has 0 bridgehead atoms. The Hall–Kier alpha value is 0.220. The summed E-state index contributed by atoms with van der Waals surface area (Å²) in [4.78, 5) is 21.5. The highest BCUT2D eigenvalue weighted by atomic mass is 79.9. The molecule has 2 unspecified atom stereocenters. The Kier molecular flexibility index (Phi) is 48.2. The van der Waals surface area contributed by atoms with Crippen LogP contribution < -0.4 is 0 Å². The molecule has 0 heterocycles. The van der Waals surface area contributed by atoms with E-state index in [0.29, 0.717) is 12.8 Å². The Morgan fingerprint density at radius 3 is 1.32 bits per heavy atom. The second-order valence-corrected chi connectivity index (χ2v) is 7.48. The molecule has 0 radical (unpaired) electrons. The number of ketones is 2. The number of rotatable bonds is 14. The van der Waals surface area contributed by atoms with Crippen molar-refractivity contribution in [1.29, 1.82) is 0 Å². The van der Waals surface area contributed by atoms with Crippen LogP contribution in [0.2, 0.25) is 0 Å². The fourth-order valence-corrected chi connectivity index (χ4v) is 2.92. The summed E-state index contributed by atoms with van der Waals surface area (Å²) in [5.41, 5.74) is 0. The van der Waals surface area contributed by atoms with Gasteiger partial charge in [-0.15, -0.1) is 0 Å². The summed E-state index contributed by atoms with van der Waals surface area (Å²) in [6.45, 7) is 3.21. The van der Waals surface area contributed by atoms with Gasteiger partial charge in [-0.25, -0.2) is 0 Å².